The number of nitrogens with one attached hydrogen (secondary N) is 1. The van der Waals surface area contributed by atoms with Crippen LogP contribution in [0.15, 0.2) is 24.3 Å². The molecule has 0 amide bonds. The van der Waals surface area contributed by atoms with E-state index >= 15 is 0 Å². The van der Waals surface area contributed by atoms with Crippen molar-refractivity contribution in [2.24, 2.45) is 5.73 Å². The van der Waals surface area contributed by atoms with Gasteiger partial charge in [-0.15, -0.1) is 0 Å². The Bertz CT molecular complexity index is 228. The van der Waals surface area contributed by atoms with E-state index in [0.717, 1.165) is 26.1 Å². The third-order valence-corrected chi connectivity index (χ3v) is 2.01. The van der Waals surface area contributed by atoms with Gasteiger partial charge in [0.2, 0.25) is 0 Å². The maximum atomic E-state index is 5.39. The lowest BCUT2D eigenvalue weighted by Crippen LogP contribution is -2.17. The fourth-order valence-electron chi connectivity index (χ4n) is 1.17. The van der Waals surface area contributed by atoms with Crippen LogP contribution in [0.5, 0.6) is 0 Å². The molecule has 0 unspecified atom stereocenters. The molecule has 0 spiro atoms. The van der Waals surface area contributed by atoms with Crippen LogP contribution in [0.2, 0.25) is 0 Å². The number of hydrogen-bond acceptors (Lipinski definition) is 2. The summed E-state index contributed by atoms with van der Waals surface area (Å²) in [4.78, 5) is 0. The predicted octanol–water partition coefficient (Wildman–Crippen LogP) is 1.43. The van der Waals surface area contributed by atoms with E-state index in [1.54, 1.807) is 0 Å². The molecule has 2 nitrogen and oxygen atoms in total. The average Bonchev–Trinajstić information content (AvgIpc) is 2.15. The van der Waals surface area contributed by atoms with Gasteiger partial charge in [-0.25, -0.2) is 0 Å². The second-order valence-electron chi connectivity index (χ2n) is 3.30. The molecule has 0 atom stereocenters. The summed E-state index contributed by atoms with van der Waals surface area (Å²) in [6.45, 7) is 4.82. The molecule has 0 aliphatic heterocycles. The molecule has 0 aliphatic carbocycles. The fourth-order valence-corrected chi connectivity index (χ4v) is 1.17. The summed E-state index contributed by atoms with van der Waals surface area (Å²) >= 11 is 0. The van der Waals surface area contributed by atoms with Crippen molar-refractivity contribution in [1.29, 1.82) is 0 Å². The molecular weight excluding hydrogens is 160 g/mol. The average molecular weight is 178 g/mol. The first-order valence-electron chi connectivity index (χ1n) is 4.79. The van der Waals surface area contributed by atoms with Crippen LogP contribution in [-0.4, -0.2) is 13.1 Å². The zero-order valence-electron chi connectivity index (χ0n) is 8.22. The van der Waals surface area contributed by atoms with Crippen molar-refractivity contribution in [2.75, 3.05) is 13.1 Å². The van der Waals surface area contributed by atoms with E-state index in [1.807, 2.05) is 0 Å². The van der Waals surface area contributed by atoms with E-state index in [1.165, 1.54) is 11.1 Å². The van der Waals surface area contributed by atoms with Crippen molar-refractivity contribution >= 4 is 0 Å². The Labute approximate surface area is 80.1 Å². The smallest absolute Gasteiger partial charge is 0.0205 e. The lowest BCUT2D eigenvalue weighted by Gasteiger charge is -2.03. The lowest BCUT2D eigenvalue weighted by atomic mass is 10.1. The topological polar surface area (TPSA) is 38.0 Å². The van der Waals surface area contributed by atoms with Gasteiger partial charge in [-0.1, -0.05) is 29.8 Å². The molecule has 0 aliphatic rings. The minimum absolute atomic E-state index is 0.765. The van der Waals surface area contributed by atoms with Crippen molar-refractivity contribution in [3.8, 4) is 0 Å². The Balaban J connectivity index is 2.25. The molecular formula is C11H18N2. The van der Waals surface area contributed by atoms with E-state index in [-0.39, 0.29) is 0 Å². The highest BCUT2D eigenvalue weighted by Crippen LogP contribution is 2.01. The quantitative estimate of drug-likeness (QED) is 0.669. The van der Waals surface area contributed by atoms with Crippen LogP contribution in [0.25, 0.3) is 0 Å². The highest BCUT2D eigenvalue weighted by atomic mass is 14.8. The van der Waals surface area contributed by atoms with Crippen LogP contribution >= 0.6 is 0 Å². The van der Waals surface area contributed by atoms with Gasteiger partial charge in [-0.2, -0.15) is 0 Å². The van der Waals surface area contributed by atoms with Gasteiger partial charge in [-0.05, 0) is 32.0 Å². The monoisotopic (exact) mass is 178 g/mol. The van der Waals surface area contributed by atoms with Crippen LogP contribution < -0.4 is 11.1 Å². The van der Waals surface area contributed by atoms with Crippen molar-refractivity contribution in [1.82, 2.24) is 5.32 Å². The molecule has 0 radical (unpaired) electrons. The van der Waals surface area contributed by atoms with Gasteiger partial charge in [0.25, 0.3) is 0 Å². The second-order valence-corrected chi connectivity index (χ2v) is 3.30. The highest BCUT2D eigenvalue weighted by molar-refractivity contribution is 5.20. The standard InChI is InChI=1S/C11H18N2/c1-10-3-5-11(6-4-10)9-13-8-2-7-12/h3-6,13H,2,7-9,12H2,1H3. The first kappa shape index (κ1) is 10.2. The van der Waals surface area contributed by atoms with Gasteiger partial charge in [0, 0.05) is 6.54 Å². The first-order valence-corrected chi connectivity index (χ1v) is 4.79. The Kier molecular flexibility index (Phi) is 4.50. The molecule has 0 saturated carbocycles. The van der Waals surface area contributed by atoms with Gasteiger partial charge in [0.1, 0.15) is 0 Å². The van der Waals surface area contributed by atoms with Crippen molar-refractivity contribution < 1.29 is 0 Å². The molecule has 13 heavy (non-hydrogen) atoms. The molecule has 2 heteroatoms. The Morgan fingerprint density at radius 2 is 1.92 bits per heavy atom. The maximum Gasteiger partial charge on any atom is 0.0205 e. The van der Waals surface area contributed by atoms with Gasteiger partial charge in [0.05, 0.1) is 0 Å². The number of hydrogen-bond donors (Lipinski definition) is 2. The number of rotatable bonds is 5. The molecule has 1 rings (SSSR count). The van der Waals surface area contributed by atoms with Crippen LogP contribution in [0.3, 0.4) is 0 Å². The molecule has 1 aromatic rings. The minimum Gasteiger partial charge on any atom is -0.330 e. The summed E-state index contributed by atoms with van der Waals surface area (Å²) in [5.74, 6) is 0. The van der Waals surface area contributed by atoms with Crippen molar-refractivity contribution in [3.05, 3.63) is 35.4 Å². The van der Waals surface area contributed by atoms with Gasteiger partial charge >= 0.3 is 0 Å². The highest BCUT2D eigenvalue weighted by Gasteiger charge is 1.90. The normalized spacial score (nSPS) is 10.3. The number of nitrogens with two attached hydrogens (primary N) is 1. The van der Waals surface area contributed by atoms with Crippen molar-refractivity contribution in [2.45, 2.75) is 19.9 Å². The summed E-state index contributed by atoms with van der Waals surface area (Å²) in [7, 11) is 0. The van der Waals surface area contributed by atoms with Crippen LogP contribution in [0.1, 0.15) is 17.5 Å². The Hall–Kier alpha value is -0.860. The maximum absolute atomic E-state index is 5.39. The molecule has 0 bridgehead atoms. The SMILES string of the molecule is Cc1ccc(CNCCCN)cc1. The molecule has 0 fully saturated rings. The molecule has 72 valence electrons. The van der Waals surface area contributed by atoms with E-state index in [9.17, 15) is 0 Å². The Morgan fingerprint density at radius 1 is 1.23 bits per heavy atom. The first-order chi connectivity index (χ1) is 6.33. The van der Waals surface area contributed by atoms with Crippen LogP contribution in [-0.2, 0) is 6.54 Å². The van der Waals surface area contributed by atoms with E-state index in [2.05, 4.69) is 36.5 Å². The number of aryl methyl sites for hydroxylation is 1. The van der Waals surface area contributed by atoms with E-state index < -0.39 is 0 Å². The summed E-state index contributed by atoms with van der Waals surface area (Å²) in [6, 6.07) is 8.59. The van der Waals surface area contributed by atoms with Crippen LogP contribution in [0.4, 0.5) is 0 Å². The summed E-state index contributed by atoms with van der Waals surface area (Å²) in [5, 5.41) is 3.34. The predicted molar refractivity (Wildman–Crippen MR) is 56.6 cm³/mol. The molecule has 0 heterocycles. The van der Waals surface area contributed by atoms with Crippen molar-refractivity contribution in [3.63, 3.8) is 0 Å². The van der Waals surface area contributed by atoms with Gasteiger partial charge in [0.15, 0.2) is 0 Å². The minimum atomic E-state index is 0.765. The summed E-state index contributed by atoms with van der Waals surface area (Å²) < 4.78 is 0. The second kappa shape index (κ2) is 5.73. The molecule has 0 aromatic heterocycles. The van der Waals surface area contributed by atoms with Gasteiger partial charge in [-0.3, -0.25) is 0 Å². The largest absolute Gasteiger partial charge is 0.330 e. The Morgan fingerprint density at radius 3 is 2.54 bits per heavy atom. The van der Waals surface area contributed by atoms with Gasteiger partial charge < -0.3 is 11.1 Å². The summed E-state index contributed by atoms with van der Waals surface area (Å²) in [5.41, 5.74) is 8.03. The number of benzene rings is 1. The van der Waals surface area contributed by atoms with E-state index in [4.69, 9.17) is 5.73 Å². The van der Waals surface area contributed by atoms with E-state index in [0.29, 0.717) is 0 Å². The molecule has 3 N–H and O–H groups in total. The summed E-state index contributed by atoms with van der Waals surface area (Å²) in [6.07, 6.45) is 1.05. The third-order valence-electron chi connectivity index (χ3n) is 2.01. The zero-order chi connectivity index (χ0) is 9.52. The fraction of sp³-hybridized carbons (Fsp3) is 0.455. The van der Waals surface area contributed by atoms with Crippen LogP contribution in [0, 0.1) is 6.92 Å². The lowest BCUT2D eigenvalue weighted by molar-refractivity contribution is 0.655. The zero-order valence-corrected chi connectivity index (χ0v) is 8.22. The molecule has 0 saturated heterocycles. The molecule has 1 aromatic carbocycles. The third kappa shape index (κ3) is 4.06.